The number of thiocarbonyl (C=S) groups is 1. The third kappa shape index (κ3) is 4.11. The van der Waals surface area contributed by atoms with E-state index in [1.807, 2.05) is 48.5 Å². The monoisotopic (exact) mass is 451 g/mol. The van der Waals surface area contributed by atoms with Gasteiger partial charge in [0.2, 0.25) is 5.89 Å². The number of nitrogens with one attached hydrogen (secondary N) is 2. The zero-order valence-electron chi connectivity index (χ0n) is 14.5. The molecule has 0 saturated carbocycles. The molecule has 4 rings (SSSR count). The van der Waals surface area contributed by atoms with Crippen molar-refractivity contribution >= 4 is 56.0 Å². The second-order valence-corrected chi connectivity index (χ2v) is 7.31. The standard InChI is InChI=1S/C21H14BrN3O2S/c22-15-8-6-14(7-9-15)20-24-17-12-16(10-11-18(17)27-20)23-21(28)25-19(26)13-4-2-1-3-5-13/h1-12H,(H2,23,25,26,28). The Labute approximate surface area is 174 Å². The summed E-state index contributed by atoms with van der Waals surface area (Å²) in [5.41, 5.74) is 3.50. The van der Waals surface area contributed by atoms with Gasteiger partial charge in [-0.1, -0.05) is 34.1 Å². The SMILES string of the molecule is O=C(NC(=S)Nc1ccc2oc(-c3ccc(Br)cc3)nc2c1)c1ccccc1. The van der Waals surface area contributed by atoms with Gasteiger partial charge in [-0.3, -0.25) is 10.1 Å². The smallest absolute Gasteiger partial charge is 0.257 e. The molecule has 138 valence electrons. The number of hydrogen-bond donors (Lipinski definition) is 2. The van der Waals surface area contributed by atoms with E-state index < -0.39 is 0 Å². The zero-order valence-corrected chi connectivity index (χ0v) is 16.9. The van der Waals surface area contributed by atoms with Crippen molar-refractivity contribution < 1.29 is 9.21 Å². The Balaban J connectivity index is 1.49. The average molecular weight is 452 g/mol. The number of hydrogen-bond acceptors (Lipinski definition) is 4. The molecule has 0 fully saturated rings. The van der Waals surface area contributed by atoms with Crippen LogP contribution in [-0.4, -0.2) is 16.0 Å². The molecule has 0 aliphatic carbocycles. The molecule has 0 atom stereocenters. The first kappa shape index (κ1) is 18.3. The third-order valence-corrected chi connectivity index (χ3v) is 4.73. The van der Waals surface area contributed by atoms with Gasteiger partial charge in [-0.05, 0) is 66.8 Å². The predicted octanol–water partition coefficient (Wildman–Crippen LogP) is 5.38. The average Bonchev–Trinajstić information content (AvgIpc) is 3.12. The molecule has 4 aromatic rings. The lowest BCUT2D eigenvalue weighted by Gasteiger charge is -2.09. The number of amides is 1. The van der Waals surface area contributed by atoms with E-state index in [0.29, 0.717) is 28.2 Å². The maximum atomic E-state index is 12.2. The van der Waals surface area contributed by atoms with Gasteiger partial charge < -0.3 is 9.73 Å². The lowest BCUT2D eigenvalue weighted by atomic mass is 10.2. The number of nitrogens with zero attached hydrogens (tertiary/aromatic N) is 1. The summed E-state index contributed by atoms with van der Waals surface area (Å²) in [6.45, 7) is 0. The molecule has 28 heavy (non-hydrogen) atoms. The van der Waals surface area contributed by atoms with Crippen LogP contribution in [0.1, 0.15) is 10.4 Å². The number of aromatic nitrogens is 1. The van der Waals surface area contributed by atoms with Gasteiger partial charge in [0, 0.05) is 21.3 Å². The van der Waals surface area contributed by atoms with Crippen LogP contribution < -0.4 is 10.6 Å². The highest BCUT2D eigenvalue weighted by Gasteiger charge is 2.11. The van der Waals surface area contributed by atoms with Gasteiger partial charge >= 0.3 is 0 Å². The number of oxazole rings is 1. The summed E-state index contributed by atoms with van der Waals surface area (Å²) in [7, 11) is 0. The van der Waals surface area contributed by atoms with E-state index in [1.54, 1.807) is 24.3 Å². The third-order valence-electron chi connectivity index (χ3n) is 4.00. The van der Waals surface area contributed by atoms with Gasteiger partial charge in [0.1, 0.15) is 5.52 Å². The lowest BCUT2D eigenvalue weighted by molar-refractivity contribution is 0.0977. The van der Waals surface area contributed by atoms with Gasteiger partial charge in [0.15, 0.2) is 10.7 Å². The first-order valence-electron chi connectivity index (χ1n) is 8.42. The summed E-state index contributed by atoms with van der Waals surface area (Å²) < 4.78 is 6.81. The van der Waals surface area contributed by atoms with Crippen LogP contribution in [0.4, 0.5) is 5.69 Å². The Hall–Kier alpha value is -3.03. The van der Waals surface area contributed by atoms with E-state index in [-0.39, 0.29) is 11.0 Å². The predicted molar refractivity (Wildman–Crippen MR) is 117 cm³/mol. The van der Waals surface area contributed by atoms with E-state index in [9.17, 15) is 4.79 Å². The molecule has 7 heteroatoms. The molecule has 0 radical (unpaired) electrons. The Kier molecular flexibility index (Phi) is 5.18. The van der Waals surface area contributed by atoms with Crippen molar-refractivity contribution in [1.82, 2.24) is 10.3 Å². The quantitative estimate of drug-likeness (QED) is 0.409. The molecular formula is C21H14BrN3O2S. The van der Waals surface area contributed by atoms with Gasteiger partial charge in [0.25, 0.3) is 5.91 Å². The fraction of sp³-hybridized carbons (Fsp3) is 0. The minimum atomic E-state index is -0.266. The molecule has 0 aliphatic rings. The first-order chi connectivity index (χ1) is 13.6. The van der Waals surface area contributed by atoms with Crippen LogP contribution in [0.15, 0.2) is 81.7 Å². The van der Waals surface area contributed by atoms with Crippen molar-refractivity contribution in [3.05, 3.63) is 82.8 Å². The van der Waals surface area contributed by atoms with Crippen LogP contribution in [-0.2, 0) is 0 Å². The summed E-state index contributed by atoms with van der Waals surface area (Å²) in [5.74, 6) is 0.276. The van der Waals surface area contributed by atoms with E-state index in [1.165, 1.54) is 0 Å². The molecule has 1 heterocycles. The summed E-state index contributed by atoms with van der Waals surface area (Å²) in [4.78, 5) is 16.7. The van der Waals surface area contributed by atoms with Crippen LogP contribution in [0.5, 0.6) is 0 Å². The van der Waals surface area contributed by atoms with E-state index in [4.69, 9.17) is 16.6 Å². The molecule has 0 spiro atoms. The Morgan fingerprint density at radius 3 is 2.50 bits per heavy atom. The topological polar surface area (TPSA) is 67.2 Å². The van der Waals surface area contributed by atoms with Crippen LogP contribution in [0.25, 0.3) is 22.6 Å². The highest BCUT2D eigenvalue weighted by atomic mass is 79.9. The van der Waals surface area contributed by atoms with Crippen LogP contribution in [0.3, 0.4) is 0 Å². The van der Waals surface area contributed by atoms with Gasteiger partial charge in [0.05, 0.1) is 0 Å². The number of halogens is 1. The minimum absolute atomic E-state index is 0.213. The second kappa shape index (κ2) is 7.92. The number of carbonyl (C=O) groups excluding carboxylic acids is 1. The Morgan fingerprint density at radius 1 is 1.00 bits per heavy atom. The second-order valence-electron chi connectivity index (χ2n) is 5.98. The normalized spacial score (nSPS) is 10.6. The van der Waals surface area contributed by atoms with Crippen molar-refractivity contribution in [2.24, 2.45) is 0 Å². The molecule has 0 aliphatic heterocycles. The first-order valence-corrected chi connectivity index (χ1v) is 9.62. The molecule has 0 bridgehead atoms. The molecule has 2 N–H and O–H groups in total. The molecule has 0 saturated heterocycles. The van der Waals surface area contributed by atoms with Gasteiger partial charge in [-0.15, -0.1) is 0 Å². The molecule has 1 aromatic heterocycles. The largest absolute Gasteiger partial charge is 0.436 e. The molecular weight excluding hydrogens is 438 g/mol. The fourth-order valence-electron chi connectivity index (χ4n) is 2.65. The summed E-state index contributed by atoms with van der Waals surface area (Å²) >= 11 is 8.65. The molecule has 0 unspecified atom stereocenters. The molecule has 5 nitrogen and oxygen atoms in total. The highest BCUT2D eigenvalue weighted by molar-refractivity contribution is 9.10. The number of carbonyl (C=O) groups is 1. The maximum absolute atomic E-state index is 12.2. The fourth-order valence-corrected chi connectivity index (χ4v) is 3.12. The van der Waals surface area contributed by atoms with Crippen molar-refractivity contribution in [1.29, 1.82) is 0 Å². The number of anilines is 1. The Morgan fingerprint density at radius 2 is 1.75 bits per heavy atom. The van der Waals surface area contributed by atoms with Gasteiger partial charge in [-0.25, -0.2) is 4.98 Å². The van der Waals surface area contributed by atoms with Gasteiger partial charge in [-0.2, -0.15) is 0 Å². The van der Waals surface area contributed by atoms with Crippen molar-refractivity contribution in [3.8, 4) is 11.5 Å². The van der Waals surface area contributed by atoms with Crippen LogP contribution in [0.2, 0.25) is 0 Å². The van der Waals surface area contributed by atoms with Crippen LogP contribution >= 0.6 is 28.1 Å². The van der Waals surface area contributed by atoms with E-state index in [0.717, 1.165) is 10.0 Å². The number of benzene rings is 3. The summed E-state index contributed by atoms with van der Waals surface area (Å²) in [5, 5.41) is 5.88. The zero-order chi connectivity index (χ0) is 19.5. The molecule has 3 aromatic carbocycles. The molecule has 1 amide bonds. The Bertz CT molecular complexity index is 1160. The summed E-state index contributed by atoms with van der Waals surface area (Å²) in [6, 6.07) is 22.1. The maximum Gasteiger partial charge on any atom is 0.257 e. The highest BCUT2D eigenvalue weighted by Crippen LogP contribution is 2.27. The van der Waals surface area contributed by atoms with E-state index >= 15 is 0 Å². The van der Waals surface area contributed by atoms with Crippen LogP contribution in [0, 0.1) is 0 Å². The van der Waals surface area contributed by atoms with Crippen molar-refractivity contribution in [2.75, 3.05) is 5.32 Å². The summed E-state index contributed by atoms with van der Waals surface area (Å²) in [6.07, 6.45) is 0. The minimum Gasteiger partial charge on any atom is -0.436 e. The van der Waals surface area contributed by atoms with Crippen molar-refractivity contribution in [3.63, 3.8) is 0 Å². The number of rotatable bonds is 3. The van der Waals surface area contributed by atoms with Crippen molar-refractivity contribution in [2.45, 2.75) is 0 Å². The number of fused-ring (bicyclic) bond motifs is 1. The lowest BCUT2D eigenvalue weighted by Crippen LogP contribution is -2.34. The van der Waals surface area contributed by atoms with E-state index in [2.05, 4.69) is 31.5 Å².